The van der Waals surface area contributed by atoms with Crippen molar-refractivity contribution in [3.05, 3.63) is 23.8 Å². The number of nitrogens with zero attached hydrogens (tertiary/aromatic N) is 1. The third-order valence-corrected chi connectivity index (χ3v) is 4.61. The Labute approximate surface area is 137 Å². The number of fused-ring (bicyclic) bond motifs is 1. The van der Waals surface area contributed by atoms with E-state index >= 15 is 0 Å². The van der Waals surface area contributed by atoms with Gasteiger partial charge in [-0.15, -0.1) is 0 Å². The van der Waals surface area contributed by atoms with Gasteiger partial charge in [0.25, 0.3) is 0 Å². The second-order valence-corrected chi connectivity index (χ2v) is 6.18. The second kappa shape index (κ2) is 7.79. The summed E-state index contributed by atoms with van der Waals surface area (Å²) in [7, 11) is 1.73. The van der Waals surface area contributed by atoms with Crippen LogP contribution in [0.3, 0.4) is 0 Å². The smallest absolute Gasteiger partial charge is 0.166 e. The van der Waals surface area contributed by atoms with E-state index in [4.69, 9.17) is 14.2 Å². The van der Waals surface area contributed by atoms with Gasteiger partial charge in [0.05, 0.1) is 0 Å². The largest absolute Gasteiger partial charge is 0.486 e. The minimum absolute atomic E-state index is 0.122. The Bertz CT molecular complexity index is 538. The molecule has 0 unspecified atom stereocenters. The molecule has 5 nitrogen and oxygen atoms in total. The van der Waals surface area contributed by atoms with Crippen LogP contribution < -0.4 is 9.47 Å². The van der Waals surface area contributed by atoms with Gasteiger partial charge in [0.2, 0.25) is 0 Å². The first kappa shape index (κ1) is 16.3. The fourth-order valence-electron chi connectivity index (χ4n) is 3.28. The molecule has 0 aliphatic carbocycles. The fourth-order valence-corrected chi connectivity index (χ4v) is 3.28. The van der Waals surface area contributed by atoms with E-state index < -0.39 is 0 Å². The van der Waals surface area contributed by atoms with Gasteiger partial charge in [-0.2, -0.15) is 0 Å². The van der Waals surface area contributed by atoms with Crippen molar-refractivity contribution in [3.8, 4) is 11.5 Å². The lowest BCUT2D eigenvalue weighted by molar-refractivity contribution is 0.0828. The van der Waals surface area contributed by atoms with Crippen LogP contribution in [0.1, 0.15) is 29.6 Å². The van der Waals surface area contributed by atoms with Crippen molar-refractivity contribution >= 4 is 5.78 Å². The maximum atomic E-state index is 12.7. The van der Waals surface area contributed by atoms with Gasteiger partial charge in [-0.3, -0.25) is 4.79 Å². The van der Waals surface area contributed by atoms with Crippen LogP contribution >= 0.6 is 0 Å². The fraction of sp³-hybridized carbons (Fsp3) is 0.611. The number of carbonyl (C=O) groups excluding carboxylic acids is 1. The van der Waals surface area contributed by atoms with Crippen LogP contribution in [0, 0.1) is 5.92 Å². The third kappa shape index (κ3) is 4.03. The maximum absolute atomic E-state index is 12.7. The number of rotatable bonds is 6. The molecule has 1 aromatic rings. The predicted octanol–water partition coefficient (Wildman–Crippen LogP) is 2.39. The molecule has 0 radical (unpaired) electrons. The number of piperidine rings is 1. The van der Waals surface area contributed by atoms with Gasteiger partial charge in [-0.25, -0.2) is 0 Å². The topological polar surface area (TPSA) is 48.0 Å². The number of hydrogen-bond acceptors (Lipinski definition) is 5. The van der Waals surface area contributed by atoms with E-state index in [9.17, 15) is 4.79 Å². The van der Waals surface area contributed by atoms with Gasteiger partial charge in [0.15, 0.2) is 17.3 Å². The molecule has 23 heavy (non-hydrogen) atoms. The standard InChI is InChI=1S/C18H25NO4/c1-21-10-2-7-19-8-5-14(6-9-19)18(20)15-3-4-16-17(13-15)23-12-11-22-16/h3-4,13-14H,2,5-12H2,1H3. The van der Waals surface area contributed by atoms with Crippen molar-refractivity contribution in [2.24, 2.45) is 5.92 Å². The molecule has 126 valence electrons. The van der Waals surface area contributed by atoms with E-state index in [0.29, 0.717) is 19.0 Å². The molecular formula is C18H25NO4. The van der Waals surface area contributed by atoms with Crippen LogP contribution in [-0.2, 0) is 4.74 Å². The summed E-state index contributed by atoms with van der Waals surface area (Å²) in [6, 6.07) is 5.55. The normalized spacial score (nSPS) is 18.8. The monoisotopic (exact) mass is 319 g/mol. The van der Waals surface area contributed by atoms with Gasteiger partial charge in [-0.05, 0) is 50.6 Å². The highest BCUT2D eigenvalue weighted by atomic mass is 16.6. The molecule has 2 aliphatic rings. The van der Waals surface area contributed by atoms with Crippen LogP contribution in [0.2, 0.25) is 0 Å². The Hall–Kier alpha value is -1.59. The lowest BCUT2D eigenvalue weighted by Gasteiger charge is -2.31. The van der Waals surface area contributed by atoms with Gasteiger partial charge >= 0.3 is 0 Å². The summed E-state index contributed by atoms with van der Waals surface area (Å²) in [5.74, 6) is 1.79. The highest BCUT2D eigenvalue weighted by molar-refractivity contribution is 5.98. The molecule has 0 spiro atoms. The Morgan fingerprint density at radius 1 is 1.22 bits per heavy atom. The molecule has 2 heterocycles. The second-order valence-electron chi connectivity index (χ2n) is 6.18. The molecule has 0 amide bonds. The van der Waals surface area contributed by atoms with Crippen molar-refractivity contribution < 1.29 is 19.0 Å². The lowest BCUT2D eigenvalue weighted by Crippen LogP contribution is -2.37. The van der Waals surface area contributed by atoms with Gasteiger partial charge < -0.3 is 19.1 Å². The van der Waals surface area contributed by atoms with E-state index in [1.165, 1.54) is 0 Å². The van der Waals surface area contributed by atoms with Crippen molar-refractivity contribution in [2.45, 2.75) is 19.3 Å². The molecule has 1 aromatic carbocycles. The number of hydrogen-bond donors (Lipinski definition) is 0. The third-order valence-electron chi connectivity index (χ3n) is 4.61. The Morgan fingerprint density at radius 3 is 2.70 bits per heavy atom. The molecule has 0 aromatic heterocycles. The molecule has 1 saturated heterocycles. The summed E-state index contributed by atoms with van der Waals surface area (Å²) in [5, 5.41) is 0. The molecule has 0 saturated carbocycles. The molecule has 0 atom stereocenters. The van der Waals surface area contributed by atoms with Crippen molar-refractivity contribution in [2.75, 3.05) is 46.6 Å². The van der Waals surface area contributed by atoms with E-state index in [1.54, 1.807) is 7.11 Å². The molecule has 2 aliphatic heterocycles. The first-order valence-electron chi connectivity index (χ1n) is 8.43. The molecule has 1 fully saturated rings. The number of ketones is 1. The summed E-state index contributed by atoms with van der Waals surface area (Å²) in [6.45, 7) is 4.95. The number of ether oxygens (including phenoxy) is 3. The SMILES string of the molecule is COCCCN1CCC(C(=O)c2ccc3c(c2)OCCO3)CC1. The lowest BCUT2D eigenvalue weighted by atomic mass is 9.88. The van der Waals surface area contributed by atoms with E-state index in [1.807, 2.05) is 18.2 Å². The average Bonchev–Trinajstić information content (AvgIpc) is 2.61. The highest BCUT2D eigenvalue weighted by Crippen LogP contribution is 2.32. The molecular weight excluding hydrogens is 294 g/mol. The molecule has 5 heteroatoms. The quantitative estimate of drug-likeness (QED) is 0.595. The van der Waals surface area contributed by atoms with E-state index in [0.717, 1.165) is 56.8 Å². The summed E-state index contributed by atoms with van der Waals surface area (Å²) in [6.07, 6.45) is 2.91. The molecule has 0 N–H and O–H groups in total. The van der Waals surface area contributed by atoms with Crippen molar-refractivity contribution in [3.63, 3.8) is 0 Å². The Morgan fingerprint density at radius 2 is 1.96 bits per heavy atom. The van der Waals surface area contributed by atoms with E-state index in [-0.39, 0.29) is 11.7 Å². The molecule has 0 bridgehead atoms. The minimum Gasteiger partial charge on any atom is -0.486 e. The summed E-state index contributed by atoms with van der Waals surface area (Å²) in [4.78, 5) is 15.1. The summed E-state index contributed by atoms with van der Waals surface area (Å²) in [5.41, 5.74) is 0.743. The highest BCUT2D eigenvalue weighted by Gasteiger charge is 2.26. The number of Topliss-reactive ketones (excluding diaryl/α,β-unsaturated/α-hetero) is 1. The Kier molecular flexibility index (Phi) is 5.51. The first-order valence-corrected chi connectivity index (χ1v) is 8.43. The number of likely N-dealkylation sites (tertiary alicyclic amines) is 1. The number of carbonyl (C=O) groups is 1. The summed E-state index contributed by atoms with van der Waals surface area (Å²) < 4.78 is 16.2. The van der Waals surface area contributed by atoms with E-state index in [2.05, 4.69) is 4.90 Å². The maximum Gasteiger partial charge on any atom is 0.166 e. The van der Waals surface area contributed by atoms with Crippen LogP contribution in [0.25, 0.3) is 0 Å². The van der Waals surface area contributed by atoms with Gasteiger partial charge in [0, 0.05) is 31.7 Å². The Balaban J connectivity index is 1.55. The first-order chi connectivity index (χ1) is 11.3. The predicted molar refractivity (Wildman–Crippen MR) is 87.4 cm³/mol. The zero-order chi connectivity index (χ0) is 16.1. The van der Waals surface area contributed by atoms with Crippen LogP contribution in [0.5, 0.6) is 11.5 Å². The number of methoxy groups -OCH3 is 1. The van der Waals surface area contributed by atoms with Crippen LogP contribution in [-0.4, -0.2) is 57.2 Å². The van der Waals surface area contributed by atoms with Crippen LogP contribution in [0.4, 0.5) is 0 Å². The zero-order valence-electron chi connectivity index (χ0n) is 13.8. The van der Waals surface area contributed by atoms with Crippen LogP contribution in [0.15, 0.2) is 18.2 Å². The zero-order valence-corrected chi connectivity index (χ0v) is 13.8. The van der Waals surface area contributed by atoms with Gasteiger partial charge in [-0.1, -0.05) is 0 Å². The number of benzene rings is 1. The average molecular weight is 319 g/mol. The van der Waals surface area contributed by atoms with Crippen molar-refractivity contribution in [1.29, 1.82) is 0 Å². The van der Waals surface area contributed by atoms with Crippen molar-refractivity contribution in [1.82, 2.24) is 4.90 Å². The minimum atomic E-state index is 0.122. The van der Waals surface area contributed by atoms with Gasteiger partial charge in [0.1, 0.15) is 13.2 Å². The molecule has 3 rings (SSSR count). The summed E-state index contributed by atoms with van der Waals surface area (Å²) >= 11 is 0.